The molecule has 1 aromatic heterocycles. The second-order valence-corrected chi connectivity index (χ2v) is 6.63. The first-order valence-electron chi connectivity index (χ1n) is 9.15. The summed E-state index contributed by atoms with van der Waals surface area (Å²) in [4.78, 5) is 19.1. The van der Waals surface area contributed by atoms with Gasteiger partial charge in [-0.2, -0.15) is 0 Å². The summed E-state index contributed by atoms with van der Waals surface area (Å²) >= 11 is 0. The largest absolute Gasteiger partial charge is 0.497 e. The number of nitrogens with zero attached hydrogens (tertiary/aromatic N) is 3. The van der Waals surface area contributed by atoms with Gasteiger partial charge >= 0.3 is 0 Å². The monoisotopic (exact) mass is 390 g/mol. The number of hydrogen-bond acceptors (Lipinski definition) is 6. The number of hydrogen-bond donors (Lipinski definition) is 1. The Bertz CT molecular complexity index is 740. The third-order valence-electron chi connectivity index (χ3n) is 4.43. The van der Waals surface area contributed by atoms with E-state index in [4.69, 9.17) is 14.2 Å². The molecule has 2 rings (SSSR count). The minimum absolute atomic E-state index is 0.0882. The van der Waals surface area contributed by atoms with Gasteiger partial charge < -0.3 is 24.1 Å². The molecule has 154 valence electrons. The summed E-state index contributed by atoms with van der Waals surface area (Å²) in [7, 11) is 8.69. The number of likely N-dealkylation sites (N-methyl/N-ethyl adjacent to an activating group) is 1. The molecule has 0 fully saturated rings. The van der Waals surface area contributed by atoms with E-state index in [0.29, 0.717) is 18.1 Å². The van der Waals surface area contributed by atoms with Crippen LogP contribution in [0.4, 0.5) is 0 Å². The van der Waals surface area contributed by atoms with Gasteiger partial charge in [0.15, 0.2) is 0 Å². The van der Waals surface area contributed by atoms with Crippen LogP contribution in [0.1, 0.15) is 23.9 Å². The Morgan fingerprint density at radius 1 is 1.21 bits per heavy atom. The van der Waals surface area contributed by atoms with Crippen LogP contribution in [-0.4, -0.2) is 68.4 Å². The summed E-state index contributed by atoms with van der Waals surface area (Å²) in [6, 6.07) is 5.13. The maximum absolute atomic E-state index is 12.7. The number of methoxy groups -OCH3 is 3. The topological polar surface area (TPSA) is 77.8 Å². The highest BCUT2D eigenvalue weighted by Crippen LogP contribution is 2.29. The number of amides is 1. The van der Waals surface area contributed by atoms with Gasteiger partial charge in [-0.3, -0.25) is 9.69 Å². The molecular weight excluding hydrogens is 360 g/mol. The molecule has 28 heavy (non-hydrogen) atoms. The number of rotatable bonds is 11. The number of carbonyl (C=O) groups is 1. The maximum atomic E-state index is 12.7. The molecule has 1 aromatic carbocycles. The molecule has 0 bridgehead atoms. The predicted molar refractivity (Wildman–Crippen MR) is 107 cm³/mol. The van der Waals surface area contributed by atoms with E-state index in [1.54, 1.807) is 33.6 Å². The summed E-state index contributed by atoms with van der Waals surface area (Å²) < 4.78 is 17.7. The Kier molecular flexibility index (Phi) is 8.28. The molecule has 1 amide bonds. The van der Waals surface area contributed by atoms with Gasteiger partial charge in [0.05, 0.1) is 20.8 Å². The highest BCUT2D eigenvalue weighted by molar-refractivity contribution is 5.79. The summed E-state index contributed by atoms with van der Waals surface area (Å²) in [5.41, 5.74) is 0.834. The quantitative estimate of drug-likeness (QED) is 0.588. The zero-order valence-corrected chi connectivity index (χ0v) is 17.3. The number of ether oxygens (including phenoxy) is 3. The SMILES string of the molecule is COCCCN(C)CC(=O)NC(c1cc(OC)cc(OC)c1)c1nccn1C. The first kappa shape index (κ1) is 21.7. The second-order valence-electron chi connectivity index (χ2n) is 6.63. The number of imidazole rings is 1. The van der Waals surface area contributed by atoms with Crippen molar-refractivity contribution >= 4 is 5.91 Å². The molecule has 0 spiro atoms. The fraction of sp³-hybridized carbons (Fsp3) is 0.500. The van der Waals surface area contributed by atoms with Crippen molar-refractivity contribution < 1.29 is 19.0 Å². The van der Waals surface area contributed by atoms with Crippen molar-refractivity contribution in [3.63, 3.8) is 0 Å². The average Bonchev–Trinajstić information content (AvgIpc) is 3.11. The van der Waals surface area contributed by atoms with Crippen LogP contribution in [0.2, 0.25) is 0 Å². The number of aromatic nitrogens is 2. The standard InChI is InChI=1S/C20H30N4O4/c1-23(8-6-10-26-3)14-18(25)22-19(20-21-7-9-24(20)2)15-11-16(27-4)13-17(12-15)28-5/h7,9,11-13,19H,6,8,10,14H2,1-5H3,(H,22,25). The van der Waals surface area contributed by atoms with Crippen LogP contribution in [0.25, 0.3) is 0 Å². The van der Waals surface area contributed by atoms with E-state index in [0.717, 1.165) is 24.4 Å². The van der Waals surface area contributed by atoms with E-state index in [1.807, 2.05) is 41.9 Å². The molecule has 0 aliphatic heterocycles. The van der Waals surface area contributed by atoms with E-state index in [-0.39, 0.29) is 12.5 Å². The van der Waals surface area contributed by atoms with Crippen molar-refractivity contribution in [2.75, 3.05) is 48.1 Å². The summed E-state index contributed by atoms with van der Waals surface area (Å²) in [6.07, 6.45) is 4.43. The summed E-state index contributed by atoms with van der Waals surface area (Å²) in [5.74, 6) is 1.94. The third kappa shape index (κ3) is 5.97. The van der Waals surface area contributed by atoms with Gasteiger partial charge in [-0.25, -0.2) is 4.98 Å². The van der Waals surface area contributed by atoms with Gasteiger partial charge in [0.2, 0.25) is 5.91 Å². The predicted octanol–water partition coefficient (Wildman–Crippen LogP) is 1.61. The Balaban J connectivity index is 2.22. The highest BCUT2D eigenvalue weighted by atomic mass is 16.5. The van der Waals surface area contributed by atoms with Crippen LogP contribution < -0.4 is 14.8 Å². The fourth-order valence-corrected chi connectivity index (χ4v) is 2.96. The van der Waals surface area contributed by atoms with E-state index in [2.05, 4.69) is 10.3 Å². The van der Waals surface area contributed by atoms with E-state index >= 15 is 0 Å². The van der Waals surface area contributed by atoms with Gasteiger partial charge in [0.25, 0.3) is 0 Å². The lowest BCUT2D eigenvalue weighted by Crippen LogP contribution is -2.39. The van der Waals surface area contributed by atoms with Crippen LogP contribution in [0.5, 0.6) is 11.5 Å². The normalized spacial score (nSPS) is 12.1. The Morgan fingerprint density at radius 3 is 2.43 bits per heavy atom. The fourth-order valence-electron chi connectivity index (χ4n) is 2.96. The van der Waals surface area contributed by atoms with E-state index in [9.17, 15) is 4.79 Å². The molecule has 0 aliphatic carbocycles. The van der Waals surface area contributed by atoms with Crippen molar-refractivity contribution in [2.45, 2.75) is 12.5 Å². The van der Waals surface area contributed by atoms with Gasteiger partial charge in [-0.15, -0.1) is 0 Å². The molecule has 1 unspecified atom stereocenters. The molecule has 0 aliphatic rings. The van der Waals surface area contributed by atoms with Crippen LogP contribution in [0, 0.1) is 0 Å². The smallest absolute Gasteiger partial charge is 0.235 e. The average molecular weight is 390 g/mol. The lowest BCUT2D eigenvalue weighted by atomic mass is 10.0. The zero-order chi connectivity index (χ0) is 20.5. The lowest BCUT2D eigenvalue weighted by Gasteiger charge is -2.22. The summed E-state index contributed by atoms with van der Waals surface area (Å²) in [5, 5.41) is 3.09. The number of carbonyl (C=O) groups excluding carboxylic acids is 1. The minimum atomic E-state index is -0.427. The van der Waals surface area contributed by atoms with Gasteiger partial charge in [-0.1, -0.05) is 0 Å². The molecule has 1 heterocycles. The lowest BCUT2D eigenvalue weighted by molar-refractivity contribution is -0.122. The maximum Gasteiger partial charge on any atom is 0.235 e. The van der Waals surface area contributed by atoms with Crippen molar-refractivity contribution in [1.29, 1.82) is 0 Å². The number of nitrogens with one attached hydrogen (secondary N) is 1. The number of aryl methyl sites for hydroxylation is 1. The molecule has 8 nitrogen and oxygen atoms in total. The zero-order valence-electron chi connectivity index (χ0n) is 17.3. The molecule has 2 aromatic rings. The van der Waals surface area contributed by atoms with Crippen molar-refractivity contribution in [3.05, 3.63) is 42.0 Å². The van der Waals surface area contributed by atoms with Crippen LogP contribution in [-0.2, 0) is 16.6 Å². The molecule has 0 saturated heterocycles. The van der Waals surface area contributed by atoms with Gasteiger partial charge in [0.1, 0.15) is 23.4 Å². The Morgan fingerprint density at radius 2 is 1.89 bits per heavy atom. The number of benzene rings is 1. The van der Waals surface area contributed by atoms with E-state index in [1.165, 1.54) is 0 Å². The molecule has 0 saturated carbocycles. The van der Waals surface area contributed by atoms with E-state index < -0.39 is 6.04 Å². The molecular formula is C20H30N4O4. The first-order valence-corrected chi connectivity index (χ1v) is 9.15. The van der Waals surface area contributed by atoms with Crippen LogP contribution >= 0.6 is 0 Å². The first-order chi connectivity index (χ1) is 13.5. The molecule has 1 atom stereocenters. The van der Waals surface area contributed by atoms with Crippen LogP contribution in [0.15, 0.2) is 30.6 Å². The minimum Gasteiger partial charge on any atom is -0.497 e. The molecule has 8 heteroatoms. The Labute approximate surface area is 166 Å². The highest BCUT2D eigenvalue weighted by Gasteiger charge is 2.22. The Hall–Kier alpha value is -2.58. The van der Waals surface area contributed by atoms with Crippen molar-refractivity contribution in [2.24, 2.45) is 7.05 Å². The molecule has 0 radical (unpaired) electrons. The second kappa shape index (κ2) is 10.7. The van der Waals surface area contributed by atoms with Gasteiger partial charge in [-0.05, 0) is 31.2 Å². The third-order valence-corrected chi connectivity index (χ3v) is 4.43. The van der Waals surface area contributed by atoms with Crippen LogP contribution in [0.3, 0.4) is 0 Å². The molecule has 1 N–H and O–H groups in total. The van der Waals surface area contributed by atoms with Crippen molar-refractivity contribution in [1.82, 2.24) is 19.8 Å². The van der Waals surface area contributed by atoms with Crippen molar-refractivity contribution in [3.8, 4) is 11.5 Å². The van der Waals surface area contributed by atoms with Gasteiger partial charge in [0, 0.05) is 45.8 Å². The summed E-state index contributed by atoms with van der Waals surface area (Å²) in [6.45, 7) is 1.73.